The first-order valence-corrected chi connectivity index (χ1v) is 7.35. The number of likely N-dealkylation sites (N-methyl/N-ethyl adjacent to an activating group) is 1. The Bertz CT molecular complexity index is 593. The smallest absolute Gasteiger partial charge is 0.293 e. The van der Waals surface area contributed by atoms with E-state index in [1.807, 2.05) is 4.90 Å². The molecule has 7 heteroatoms. The van der Waals surface area contributed by atoms with Gasteiger partial charge in [-0.1, -0.05) is 0 Å². The number of carbonyl (C=O) groups is 1. The summed E-state index contributed by atoms with van der Waals surface area (Å²) >= 11 is 0. The van der Waals surface area contributed by atoms with Crippen LogP contribution in [0.1, 0.15) is 18.9 Å². The molecule has 1 aliphatic heterocycles. The van der Waals surface area contributed by atoms with Crippen LogP contribution in [-0.4, -0.2) is 60.1 Å². The van der Waals surface area contributed by atoms with Gasteiger partial charge in [0.15, 0.2) is 5.82 Å². The first-order valence-electron chi connectivity index (χ1n) is 7.35. The van der Waals surface area contributed by atoms with Crippen molar-refractivity contribution in [3.63, 3.8) is 0 Å². The molecule has 2 heterocycles. The van der Waals surface area contributed by atoms with E-state index in [0.717, 1.165) is 19.4 Å². The van der Waals surface area contributed by atoms with Gasteiger partial charge in [-0.25, -0.2) is 4.98 Å². The fourth-order valence-electron chi connectivity index (χ4n) is 2.73. The van der Waals surface area contributed by atoms with E-state index in [9.17, 15) is 9.59 Å². The summed E-state index contributed by atoms with van der Waals surface area (Å²) in [6, 6.07) is -0.0610. The van der Waals surface area contributed by atoms with E-state index in [2.05, 4.69) is 10.3 Å². The molecule has 1 aromatic heterocycles. The summed E-state index contributed by atoms with van der Waals surface area (Å²) in [6.07, 6.45) is 5.50. The maximum Gasteiger partial charge on any atom is 0.293 e. The normalized spacial score (nSPS) is 22.2. The molecular formula is C14H21N5O2. The number of hydrogen-bond donors (Lipinski definition) is 1. The lowest BCUT2D eigenvalue weighted by atomic mass is 10.1. The van der Waals surface area contributed by atoms with E-state index in [-0.39, 0.29) is 17.5 Å². The molecule has 3 rings (SSSR count). The molecule has 0 spiro atoms. The third kappa shape index (κ3) is 2.65. The number of hydrogen-bond acceptors (Lipinski definition) is 5. The van der Waals surface area contributed by atoms with E-state index in [4.69, 9.17) is 0 Å². The van der Waals surface area contributed by atoms with E-state index < -0.39 is 0 Å². The Morgan fingerprint density at radius 1 is 1.43 bits per heavy atom. The van der Waals surface area contributed by atoms with Crippen molar-refractivity contribution >= 4 is 11.7 Å². The van der Waals surface area contributed by atoms with Gasteiger partial charge in [-0.15, -0.1) is 0 Å². The van der Waals surface area contributed by atoms with Crippen molar-refractivity contribution in [1.82, 2.24) is 19.8 Å². The summed E-state index contributed by atoms with van der Waals surface area (Å²) in [4.78, 5) is 32.6. The zero-order valence-corrected chi connectivity index (χ0v) is 12.5. The van der Waals surface area contributed by atoms with Gasteiger partial charge in [0.2, 0.25) is 5.91 Å². The summed E-state index contributed by atoms with van der Waals surface area (Å²) in [6.45, 7) is 1.90. The van der Waals surface area contributed by atoms with Crippen molar-refractivity contribution in [2.45, 2.75) is 24.9 Å². The molecule has 21 heavy (non-hydrogen) atoms. The van der Waals surface area contributed by atoms with Crippen LogP contribution in [0, 0.1) is 0 Å². The number of carbonyl (C=O) groups excluding carboxylic acids is 1. The lowest BCUT2D eigenvalue weighted by Crippen LogP contribution is -2.59. The molecule has 1 aliphatic carbocycles. The number of amides is 1. The van der Waals surface area contributed by atoms with E-state index in [1.54, 1.807) is 36.0 Å². The standard InChI is InChI=1S/C14H21N5O2/c1-17(2)13(20)11-9-15-5-7-19(11)12-14(21)18(8-6-16-12)10-3-4-10/h6,8,10-11,15H,3-5,7,9H2,1-2H3. The number of anilines is 1. The third-order valence-corrected chi connectivity index (χ3v) is 4.03. The molecule has 1 saturated heterocycles. The van der Waals surface area contributed by atoms with Gasteiger partial charge in [0.1, 0.15) is 6.04 Å². The van der Waals surface area contributed by atoms with Crippen molar-refractivity contribution in [3.05, 3.63) is 22.7 Å². The zero-order chi connectivity index (χ0) is 15.0. The van der Waals surface area contributed by atoms with Crippen LogP contribution < -0.4 is 15.8 Å². The molecule has 2 fully saturated rings. The molecule has 114 valence electrons. The van der Waals surface area contributed by atoms with Crippen LogP contribution in [0.3, 0.4) is 0 Å². The average molecular weight is 291 g/mol. The lowest BCUT2D eigenvalue weighted by molar-refractivity contribution is -0.130. The van der Waals surface area contributed by atoms with E-state index >= 15 is 0 Å². The highest BCUT2D eigenvalue weighted by atomic mass is 16.2. The fraction of sp³-hybridized carbons (Fsp3) is 0.643. The summed E-state index contributed by atoms with van der Waals surface area (Å²) in [5, 5.41) is 3.21. The highest BCUT2D eigenvalue weighted by Crippen LogP contribution is 2.33. The minimum Gasteiger partial charge on any atom is -0.347 e. The minimum atomic E-state index is -0.371. The molecule has 1 saturated carbocycles. The maximum atomic E-state index is 12.6. The fourth-order valence-corrected chi connectivity index (χ4v) is 2.73. The van der Waals surface area contributed by atoms with Crippen molar-refractivity contribution < 1.29 is 4.79 Å². The van der Waals surface area contributed by atoms with Crippen LogP contribution in [0.2, 0.25) is 0 Å². The molecule has 7 nitrogen and oxygen atoms in total. The lowest BCUT2D eigenvalue weighted by Gasteiger charge is -2.36. The largest absolute Gasteiger partial charge is 0.347 e. The van der Waals surface area contributed by atoms with E-state index in [0.29, 0.717) is 24.9 Å². The van der Waals surface area contributed by atoms with Crippen LogP contribution in [0.4, 0.5) is 5.82 Å². The Hall–Kier alpha value is -1.89. The van der Waals surface area contributed by atoms with Gasteiger partial charge in [0.05, 0.1) is 0 Å². The Kier molecular flexibility index (Phi) is 3.67. The molecule has 1 aromatic rings. The molecule has 0 bridgehead atoms. The summed E-state index contributed by atoms with van der Waals surface area (Å²) in [5.74, 6) is 0.385. The van der Waals surface area contributed by atoms with Crippen LogP contribution >= 0.6 is 0 Å². The predicted octanol–water partition coefficient (Wildman–Crippen LogP) is -0.555. The van der Waals surface area contributed by atoms with Crippen LogP contribution in [0.25, 0.3) is 0 Å². The van der Waals surface area contributed by atoms with Gasteiger partial charge in [-0.2, -0.15) is 0 Å². The van der Waals surface area contributed by atoms with E-state index in [1.165, 1.54) is 0 Å². The number of rotatable bonds is 3. The second kappa shape index (κ2) is 5.48. The first-order chi connectivity index (χ1) is 10.1. The molecular weight excluding hydrogens is 270 g/mol. The Morgan fingerprint density at radius 2 is 2.19 bits per heavy atom. The molecule has 1 amide bonds. The van der Waals surface area contributed by atoms with Crippen LogP contribution in [0.5, 0.6) is 0 Å². The van der Waals surface area contributed by atoms with Gasteiger partial charge in [0.25, 0.3) is 5.56 Å². The number of nitrogens with one attached hydrogen (secondary N) is 1. The van der Waals surface area contributed by atoms with Crippen molar-refractivity contribution in [3.8, 4) is 0 Å². The average Bonchev–Trinajstić information content (AvgIpc) is 3.31. The SMILES string of the molecule is CN(C)C(=O)C1CNCCN1c1nccn(C2CC2)c1=O. The zero-order valence-electron chi connectivity index (χ0n) is 12.5. The topological polar surface area (TPSA) is 70.5 Å². The van der Waals surface area contributed by atoms with Crippen LogP contribution in [0.15, 0.2) is 17.2 Å². The predicted molar refractivity (Wildman–Crippen MR) is 79.5 cm³/mol. The molecule has 0 aromatic carbocycles. The highest BCUT2D eigenvalue weighted by molar-refractivity contribution is 5.85. The van der Waals surface area contributed by atoms with Gasteiger partial charge in [-0.05, 0) is 12.8 Å². The Morgan fingerprint density at radius 3 is 2.86 bits per heavy atom. The summed E-state index contributed by atoms with van der Waals surface area (Å²) in [7, 11) is 3.46. The van der Waals surface area contributed by atoms with Gasteiger partial charge < -0.3 is 19.7 Å². The number of nitrogens with zero attached hydrogens (tertiary/aromatic N) is 4. The van der Waals surface area contributed by atoms with Crippen LogP contribution in [-0.2, 0) is 4.79 Å². The van der Waals surface area contributed by atoms with Crippen molar-refractivity contribution in [2.24, 2.45) is 0 Å². The first kappa shape index (κ1) is 14.1. The molecule has 0 radical (unpaired) electrons. The van der Waals surface area contributed by atoms with Crippen molar-refractivity contribution in [2.75, 3.05) is 38.6 Å². The molecule has 1 atom stereocenters. The second-order valence-electron chi connectivity index (χ2n) is 5.84. The summed E-state index contributed by atoms with van der Waals surface area (Å²) in [5.41, 5.74) is -0.0848. The summed E-state index contributed by atoms with van der Waals surface area (Å²) < 4.78 is 1.75. The number of aromatic nitrogens is 2. The van der Waals surface area contributed by atoms with Gasteiger partial charge in [-0.3, -0.25) is 9.59 Å². The molecule has 2 aliphatic rings. The monoisotopic (exact) mass is 291 g/mol. The quantitative estimate of drug-likeness (QED) is 0.809. The van der Waals surface area contributed by atoms with Gasteiger partial charge in [0, 0.05) is 52.2 Å². The molecule has 1 unspecified atom stereocenters. The highest BCUT2D eigenvalue weighted by Gasteiger charge is 2.33. The minimum absolute atomic E-state index is 0.00905. The Labute approximate surface area is 123 Å². The maximum absolute atomic E-state index is 12.6. The molecule has 1 N–H and O–H groups in total. The second-order valence-corrected chi connectivity index (χ2v) is 5.84. The Balaban J connectivity index is 1.95. The van der Waals surface area contributed by atoms with Crippen molar-refractivity contribution in [1.29, 1.82) is 0 Å². The number of piperazine rings is 1. The third-order valence-electron chi connectivity index (χ3n) is 4.03. The van der Waals surface area contributed by atoms with Gasteiger partial charge >= 0.3 is 0 Å².